The smallest absolute Gasteiger partial charge is 0.233 e. The maximum Gasteiger partial charge on any atom is 0.233 e. The van der Waals surface area contributed by atoms with Gasteiger partial charge in [-0.1, -0.05) is 13.3 Å². The van der Waals surface area contributed by atoms with E-state index in [-0.39, 0.29) is 29.4 Å². The van der Waals surface area contributed by atoms with Gasteiger partial charge >= 0.3 is 0 Å². The molecule has 4 heteroatoms. The van der Waals surface area contributed by atoms with Crippen molar-refractivity contribution in [2.45, 2.75) is 45.4 Å². The van der Waals surface area contributed by atoms with E-state index in [2.05, 4.69) is 0 Å². The third kappa shape index (κ3) is 2.26. The van der Waals surface area contributed by atoms with Gasteiger partial charge in [0.05, 0.1) is 11.8 Å². The Labute approximate surface area is 101 Å². The first-order valence-corrected chi connectivity index (χ1v) is 6.52. The highest BCUT2D eigenvalue weighted by Gasteiger charge is 2.49. The van der Waals surface area contributed by atoms with Crippen LogP contribution in [-0.2, 0) is 14.4 Å². The first-order valence-electron chi connectivity index (χ1n) is 6.52. The lowest BCUT2D eigenvalue weighted by molar-refractivity contribution is -0.140. The average Bonchev–Trinajstić information content (AvgIpc) is 2.88. The minimum absolute atomic E-state index is 0.00134. The predicted molar refractivity (Wildman–Crippen MR) is 62.1 cm³/mol. The molecular weight excluding hydrogens is 218 g/mol. The standard InChI is InChI=1S/C13H19NO3/c1-2-9(15)5-4-8-14-12(16)10-6-3-7-11(10)13(14)17/h10-11H,2-8H2,1H3. The van der Waals surface area contributed by atoms with Crippen molar-refractivity contribution in [2.75, 3.05) is 6.54 Å². The molecule has 1 saturated carbocycles. The van der Waals surface area contributed by atoms with Gasteiger partial charge in [-0.05, 0) is 19.3 Å². The van der Waals surface area contributed by atoms with Crippen LogP contribution in [0.4, 0.5) is 0 Å². The van der Waals surface area contributed by atoms with Crippen LogP contribution in [-0.4, -0.2) is 29.0 Å². The van der Waals surface area contributed by atoms with Crippen LogP contribution < -0.4 is 0 Å². The van der Waals surface area contributed by atoms with Gasteiger partial charge in [0.1, 0.15) is 5.78 Å². The van der Waals surface area contributed by atoms with Gasteiger partial charge in [0.15, 0.2) is 0 Å². The molecule has 2 fully saturated rings. The second-order valence-electron chi connectivity index (χ2n) is 4.97. The number of ketones is 1. The number of nitrogens with zero attached hydrogens (tertiary/aromatic N) is 1. The lowest BCUT2D eigenvalue weighted by Crippen LogP contribution is -2.32. The highest BCUT2D eigenvalue weighted by atomic mass is 16.2. The molecule has 2 atom stereocenters. The molecule has 2 amide bonds. The normalized spacial score (nSPS) is 27.7. The van der Waals surface area contributed by atoms with Crippen LogP contribution in [0.1, 0.15) is 45.4 Å². The van der Waals surface area contributed by atoms with Crippen LogP contribution >= 0.6 is 0 Å². The summed E-state index contributed by atoms with van der Waals surface area (Å²) in [7, 11) is 0. The third-order valence-electron chi connectivity index (χ3n) is 3.91. The molecule has 2 aliphatic rings. The minimum Gasteiger partial charge on any atom is -0.300 e. The summed E-state index contributed by atoms with van der Waals surface area (Å²) >= 11 is 0. The third-order valence-corrected chi connectivity index (χ3v) is 3.91. The van der Waals surface area contributed by atoms with E-state index in [0.717, 1.165) is 19.3 Å². The maximum absolute atomic E-state index is 12.0. The molecule has 1 aliphatic carbocycles. The Bertz CT molecular complexity index is 329. The van der Waals surface area contributed by atoms with Crippen molar-refractivity contribution in [3.63, 3.8) is 0 Å². The molecule has 0 bridgehead atoms. The lowest BCUT2D eigenvalue weighted by atomic mass is 10.00. The van der Waals surface area contributed by atoms with Gasteiger partial charge in [-0.25, -0.2) is 0 Å². The quantitative estimate of drug-likeness (QED) is 0.681. The molecule has 0 spiro atoms. The molecule has 94 valence electrons. The van der Waals surface area contributed by atoms with Crippen LogP contribution in [0, 0.1) is 11.8 Å². The SMILES string of the molecule is CCC(=O)CCCN1C(=O)C2CCCC2C1=O. The van der Waals surface area contributed by atoms with E-state index >= 15 is 0 Å². The number of amides is 2. The van der Waals surface area contributed by atoms with E-state index in [1.54, 1.807) is 0 Å². The predicted octanol–water partition coefficient (Wildman–Crippen LogP) is 1.53. The van der Waals surface area contributed by atoms with Gasteiger partial charge in [0.2, 0.25) is 11.8 Å². The van der Waals surface area contributed by atoms with Gasteiger partial charge in [-0.15, -0.1) is 0 Å². The monoisotopic (exact) mass is 237 g/mol. The van der Waals surface area contributed by atoms with E-state index in [9.17, 15) is 14.4 Å². The molecule has 0 aromatic heterocycles. The van der Waals surface area contributed by atoms with E-state index in [4.69, 9.17) is 0 Å². The number of carbonyl (C=O) groups excluding carboxylic acids is 3. The summed E-state index contributed by atoms with van der Waals surface area (Å²) in [5.74, 6) is 0.0981. The Balaban J connectivity index is 1.87. The molecular formula is C13H19NO3. The summed E-state index contributed by atoms with van der Waals surface area (Å²) < 4.78 is 0. The Kier molecular flexibility index (Phi) is 3.60. The number of likely N-dealkylation sites (tertiary alicyclic amines) is 1. The van der Waals surface area contributed by atoms with E-state index in [0.29, 0.717) is 25.8 Å². The summed E-state index contributed by atoms with van der Waals surface area (Å²) in [6, 6.07) is 0. The van der Waals surface area contributed by atoms with Crippen LogP contribution in [0.25, 0.3) is 0 Å². The highest BCUT2D eigenvalue weighted by Crippen LogP contribution is 2.39. The zero-order valence-electron chi connectivity index (χ0n) is 10.3. The van der Waals surface area contributed by atoms with E-state index in [1.807, 2.05) is 6.92 Å². The van der Waals surface area contributed by atoms with Crippen LogP contribution in [0.3, 0.4) is 0 Å². The fraction of sp³-hybridized carbons (Fsp3) is 0.769. The summed E-state index contributed by atoms with van der Waals surface area (Å²) in [4.78, 5) is 36.5. The minimum atomic E-state index is -0.0515. The molecule has 17 heavy (non-hydrogen) atoms. The van der Waals surface area contributed by atoms with Crippen LogP contribution in [0.2, 0.25) is 0 Å². The second-order valence-corrected chi connectivity index (χ2v) is 4.97. The first kappa shape index (κ1) is 12.3. The van der Waals surface area contributed by atoms with Crippen molar-refractivity contribution in [3.8, 4) is 0 Å². The number of Topliss-reactive ketones (excluding diaryl/α,β-unsaturated/α-hetero) is 1. The maximum atomic E-state index is 12.0. The number of rotatable bonds is 5. The molecule has 0 N–H and O–H groups in total. The molecule has 1 aliphatic heterocycles. The molecule has 2 rings (SSSR count). The van der Waals surface area contributed by atoms with Gasteiger partial charge in [0, 0.05) is 19.4 Å². The Morgan fingerprint density at radius 1 is 1.24 bits per heavy atom. The second kappa shape index (κ2) is 4.98. The zero-order chi connectivity index (χ0) is 12.4. The van der Waals surface area contributed by atoms with Crippen molar-refractivity contribution in [3.05, 3.63) is 0 Å². The molecule has 4 nitrogen and oxygen atoms in total. The number of imide groups is 1. The fourth-order valence-electron chi connectivity index (χ4n) is 2.89. The van der Waals surface area contributed by atoms with E-state index in [1.165, 1.54) is 4.90 Å². The van der Waals surface area contributed by atoms with Crippen LogP contribution in [0.5, 0.6) is 0 Å². The molecule has 0 aromatic rings. The van der Waals surface area contributed by atoms with E-state index < -0.39 is 0 Å². The van der Waals surface area contributed by atoms with Gasteiger partial charge < -0.3 is 0 Å². The number of hydrogen-bond acceptors (Lipinski definition) is 3. The number of fused-ring (bicyclic) bond motifs is 1. The Hall–Kier alpha value is -1.19. The molecule has 0 aromatic carbocycles. The summed E-state index contributed by atoms with van der Waals surface area (Å²) in [6.07, 6.45) is 4.34. The van der Waals surface area contributed by atoms with Gasteiger partial charge in [-0.3, -0.25) is 19.3 Å². The molecule has 1 saturated heterocycles. The average molecular weight is 237 g/mol. The summed E-state index contributed by atoms with van der Waals surface area (Å²) in [5.41, 5.74) is 0. The fourth-order valence-corrected chi connectivity index (χ4v) is 2.89. The molecule has 1 heterocycles. The van der Waals surface area contributed by atoms with Crippen molar-refractivity contribution in [1.82, 2.24) is 4.90 Å². The Morgan fingerprint density at radius 3 is 2.35 bits per heavy atom. The van der Waals surface area contributed by atoms with Crippen LogP contribution in [0.15, 0.2) is 0 Å². The van der Waals surface area contributed by atoms with Gasteiger partial charge in [-0.2, -0.15) is 0 Å². The largest absolute Gasteiger partial charge is 0.300 e. The Morgan fingerprint density at radius 2 is 1.82 bits per heavy atom. The molecule has 0 radical (unpaired) electrons. The van der Waals surface area contributed by atoms with Crippen molar-refractivity contribution < 1.29 is 14.4 Å². The van der Waals surface area contributed by atoms with Gasteiger partial charge in [0.25, 0.3) is 0 Å². The summed E-state index contributed by atoms with van der Waals surface area (Å²) in [5, 5.41) is 0. The lowest BCUT2D eigenvalue weighted by Gasteiger charge is -2.15. The molecule has 2 unspecified atom stereocenters. The van der Waals surface area contributed by atoms with Crippen molar-refractivity contribution >= 4 is 17.6 Å². The zero-order valence-corrected chi connectivity index (χ0v) is 10.3. The van der Waals surface area contributed by atoms with Crippen molar-refractivity contribution in [2.24, 2.45) is 11.8 Å². The highest BCUT2D eigenvalue weighted by molar-refractivity contribution is 6.05. The van der Waals surface area contributed by atoms with Crippen molar-refractivity contribution in [1.29, 1.82) is 0 Å². The first-order chi connectivity index (χ1) is 8.15. The number of carbonyl (C=O) groups is 3. The summed E-state index contributed by atoms with van der Waals surface area (Å²) in [6.45, 7) is 2.26. The number of hydrogen-bond donors (Lipinski definition) is 0. The topological polar surface area (TPSA) is 54.5 Å².